The maximum absolute atomic E-state index is 14.2. The Morgan fingerprint density at radius 1 is 1.39 bits per heavy atom. The molecule has 1 fully saturated rings. The van der Waals surface area contributed by atoms with E-state index in [1.165, 1.54) is 6.07 Å². The highest BCUT2D eigenvalue weighted by atomic mass is 32.2. The fourth-order valence-electron chi connectivity index (χ4n) is 4.73. The SMILES string of the molecule is C=C(N)C1CCN(CC(C)CCC2CNc3c(F)cc(SF)cc3C2C)CC1. The van der Waals surface area contributed by atoms with Crippen molar-refractivity contribution in [1.82, 2.24) is 4.90 Å². The standard InChI is InChI=1S/C22H33F2N3S/c1-14(13-27-8-6-17(7-9-27)16(3)25)4-5-18-12-26-22-20(15(18)2)10-19(28-24)11-21(22)23/h10-11,14-15,17-18,26H,3-9,12-13,25H2,1-2H3. The molecule has 0 bridgehead atoms. The van der Waals surface area contributed by atoms with E-state index in [0.717, 1.165) is 63.1 Å². The van der Waals surface area contributed by atoms with E-state index in [2.05, 4.69) is 30.6 Å². The number of fused-ring (bicyclic) bond motifs is 1. The summed E-state index contributed by atoms with van der Waals surface area (Å²) in [4.78, 5) is 2.89. The molecule has 3 rings (SSSR count). The van der Waals surface area contributed by atoms with Crippen LogP contribution in [0.5, 0.6) is 0 Å². The lowest BCUT2D eigenvalue weighted by atomic mass is 9.79. The molecule has 2 heterocycles. The van der Waals surface area contributed by atoms with Crippen LogP contribution in [0.2, 0.25) is 0 Å². The maximum atomic E-state index is 14.2. The van der Waals surface area contributed by atoms with Crippen molar-refractivity contribution in [2.24, 2.45) is 23.5 Å². The Bertz CT molecular complexity index is 689. The molecule has 3 atom stereocenters. The average molecular weight is 410 g/mol. The molecule has 1 aromatic rings. The lowest BCUT2D eigenvalue weighted by Crippen LogP contribution is -2.38. The van der Waals surface area contributed by atoms with Gasteiger partial charge in [-0.25, -0.2) is 4.39 Å². The van der Waals surface area contributed by atoms with Crippen molar-refractivity contribution in [3.63, 3.8) is 0 Å². The number of piperidine rings is 1. The summed E-state index contributed by atoms with van der Waals surface area (Å²) in [6, 6.07) is 3.07. The Morgan fingerprint density at radius 2 is 2.11 bits per heavy atom. The summed E-state index contributed by atoms with van der Waals surface area (Å²) < 4.78 is 27.2. The lowest BCUT2D eigenvalue weighted by Gasteiger charge is -2.35. The van der Waals surface area contributed by atoms with Gasteiger partial charge in [0, 0.05) is 29.6 Å². The summed E-state index contributed by atoms with van der Waals surface area (Å²) in [5.74, 6) is 1.43. The highest BCUT2D eigenvalue weighted by Crippen LogP contribution is 2.41. The van der Waals surface area contributed by atoms with Crippen LogP contribution in [0.3, 0.4) is 0 Å². The van der Waals surface area contributed by atoms with Gasteiger partial charge in [0.2, 0.25) is 0 Å². The average Bonchev–Trinajstić information content (AvgIpc) is 2.68. The van der Waals surface area contributed by atoms with Gasteiger partial charge >= 0.3 is 0 Å². The lowest BCUT2D eigenvalue weighted by molar-refractivity contribution is 0.169. The number of nitrogens with two attached hydrogens (primary N) is 1. The van der Waals surface area contributed by atoms with Gasteiger partial charge in [-0.05, 0) is 74.2 Å². The zero-order chi connectivity index (χ0) is 20.3. The van der Waals surface area contributed by atoms with Gasteiger partial charge in [-0.2, -0.15) is 3.89 Å². The van der Waals surface area contributed by atoms with Crippen molar-refractivity contribution < 1.29 is 8.28 Å². The summed E-state index contributed by atoms with van der Waals surface area (Å²) in [5.41, 5.74) is 8.15. The Morgan fingerprint density at radius 3 is 2.75 bits per heavy atom. The monoisotopic (exact) mass is 409 g/mol. The molecule has 1 aromatic carbocycles. The Balaban J connectivity index is 1.50. The fraction of sp³-hybridized carbons (Fsp3) is 0.636. The molecule has 0 aromatic heterocycles. The van der Waals surface area contributed by atoms with Crippen molar-refractivity contribution in [2.45, 2.75) is 50.3 Å². The molecule has 2 aliphatic rings. The van der Waals surface area contributed by atoms with Gasteiger partial charge < -0.3 is 16.0 Å². The predicted molar refractivity (Wildman–Crippen MR) is 115 cm³/mol. The molecule has 156 valence electrons. The second kappa shape index (κ2) is 9.49. The first-order valence-electron chi connectivity index (χ1n) is 10.4. The predicted octanol–water partition coefficient (Wildman–Crippen LogP) is 5.55. The van der Waals surface area contributed by atoms with Crippen LogP contribution in [-0.4, -0.2) is 31.1 Å². The van der Waals surface area contributed by atoms with Gasteiger partial charge in [-0.1, -0.05) is 20.4 Å². The van der Waals surface area contributed by atoms with Crippen molar-refractivity contribution >= 4 is 17.8 Å². The van der Waals surface area contributed by atoms with Crippen molar-refractivity contribution in [1.29, 1.82) is 0 Å². The first-order valence-corrected chi connectivity index (χ1v) is 11.1. The van der Waals surface area contributed by atoms with Crippen molar-refractivity contribution in [2.75, 3.05) is 31.5 Å². The summed E-state index contributed by atoms with van der Waals surface area (Å²) in [7, 11) is 0. The molecule has 0 radical (unpaired) electrons. The third-order valence-electron chi connectivity index (χ3n) is 6.63. The molecule has 0 saturated carbocycles. The number of rotatable bonds is 7. The molecule has 3 unspecified atom stereocenters. The van der Waals surface area contributed by atoms with Gasteiger partial charge in [0.1, 0.15) is 5.82 Å². The van der Waals surface area contributed by atoms with Crippen LogP contribution < -0.4 is 11.1 Å². The van der Waals surface area contributed by atoms with E-state index >= 15 is 0 Å². The second-order valence-corrected chi connectivity index (χ2v) is 9.33. The molecule has 0 aliphatic carbocycles. The Labute approximate surface area is 172 Å². The number of nitrogens with one attached hydrogen (secondary N) is 1. The van der Waals surface area contributed by atoms with Crippen LogP contribution in [0.4, 0.5) is 14.0 Å². The van der Waals surface area contributed by atoms with E-state index in [-0.39, 0.29) is 23.9 Å². The fourth-order valence-corrected chi connectivity index (χ4v) is 5.04. The second-order valence-electron chi connectivity index (χ2n) is 8.71. The molecule has 6 heteroatoms. The minimum Gasteiger partial charge on any atom is -0.402 e. The van der Waals surface area contributed by atoms with Crippen molar-refractivity contribution in [3.8, 4) is 0 Å². The van der Waals surface area contributed by atoms with Crippen LogP contribution in [0.15, 0.2) is 29.3 Å². The normalized spacial score (nSPS) is 24.4. The van der Waals surface area contributed by atoms with Gasteiger partial charge in [-0.15, -0.1) is 0 Å². The van der Waals surface area contributed by atoms with Crippen molar-refractivity contribution in [3.05, 3.63) is 35.8 Å². The molecule has 3 nitrogen and oxygen atoms in total. The summed E-state index contributed by atoms with van der Waals surface area (Å²) >= 11 is 0.112. The maximum Gasteiger partial charge on any atom is 0.147 e. The van der Waals surface area contributed by atoms with Crippen LogP contribution in [-0.2, 0) is 0 Å². The number of hydrogen-bond donors (Lipinski definition) is 2. The van der Waals surface area contributed by atoms with Gasteiger partial charge in [0.25, 0.3) is 0 Å². The molecular weight excluding hydrogens is 376 g/mol. The molecule has 0 amide bonds. The largest absolute Gasteiger partial charge is 0.402 e. The molecular formula is C22H33F2N3S. The Hall–Kier alpha value is -1.27. The summed E-state index contributed by atoms with van der Waals surface area (Å²) in [6.45, 7) is 12.5. The third kappa shape index (κ3) is 5.01. The van der Waals surface area contributed by atoms with Crippen LogP contribution in [0.25, 0.3) is 0 Å². The number of likely N-dealkylation sites (tertiary alicyclic amines) is 1. The number of allylic oxidation sites excluding steroid dienone is 1. The van der Waals surface area contributed by atoms with Crippen LogP contribution in [0.1, 0.15) is 51.0 Å². The number of nitrogens with zero attached hydrogens (tertiary/aromatic N) is 1. The zero-order valence-electron chi connectivity index (χ0n) is 17.0. The number of halogens is 2. The highest BCUT2D eigenvalue weighted by Gasteiger charge is 2.29. The van der Waals surface area contributed by atoms with Gasteiger partial charge in [0.05, 0.1) is 17.8 Å². The minimum absolute atomic E-state index is 0.112. The zero-order valence-corrected chi connectivity index (χ0v) is 17.8. The van der Waals surface area contributed by atoms with Gasteiger partial charge in [0.15, 0.2) is 0 Å². The molecule has 2 aliphatic heterocycles. The number of hydrogen-bond acceptors (Lipinski definition) is 4. The van der Waals surface area contributed by atoms with E-state index < -0.39 is 0 Å². The summed E-state index contributed by atoms with van der Waals surface area (Å²) in [5, 5.41) is 3.25. The van der Waals surface area contributed by atoms with Crippen LogP contribution in [0, 0.1) is 23.6 Å². The number of benzene rings is 1. The van der Waals surface area contributed by atoms with Crippen LogP contribution >= 0.6 is 12.1 Å². The summed E-state index contributed by atoms with van der Waals surface area (Å²) in [6.07, 6.45) is 4.47. The van der Waals surface area contributed by atoms with E-state index in [1.807, 2.05) is 0 Å². The van der Waals surface area contributed by atoms with E-state index in [4.69, 9.17) is 5.73 Å². The quantitative estimate of drug-likeness (QED) is 0.620. The van der Waals surface area contributed by atoms with E-state index in [0.29, 0.717) is 28.3 Å². The minimum atomic E-state index is -0.347. The molecule has 28 heavy (non-hydrogen) atoms. The van der Waals surface area contributed by atoms with Gasteiger partial charge in [-0.3, -0.25) is 0 Å². The smallest absolute Gasteiger partial charge is 0.147 e. The van der Waals surface area contributed by atoms with E-state index in [9.17, 15) is 8.28 Å². The topological polar surface area (TPSA) is 41.3 Å². The Kier molecular flexibility index (Phi) is 7.26. The van der Waals surface area contributed by atoms with E-state index in [1.54, 1.807) is 6.07 Å². The molecule has 0 spiro atoms. The first-order chi connectivity index (χ1) is 13.4. The molecule has 1 saturated heterocycles. The molecule has 3 N–H and O–H groups in total. The number of anilines is 1. The first kappa shape index (κ1) is 21.4. The highest BCUT2D eigenvalue weighted by molar-refractivity contribution is 7.94. The third-order valence-corrected chi connectivity index (χ3v) is 7.05.